The van der Waals surface area contributed by atoms with E-state index in [1.54, 1.807) is 26.3 Å². The quantitative estimate of drug-likeness (QED) is 0.908. The average Bonchev–Trinajstić information content (AvgIpc) is 2.48. The van der Waals surface area contributed by atoms with Crippen LogP contribution in [0.1, 0.15) is 5.56 Å². The van der Waals surface area contributed by atoms with Crippen LogP contribution in [0.15, 0.2) is 30.6 Å². The number of rotatable bonds is 5. The van der Waals surface area contributed by atoms with Crippen LogP contribution in [-0.4, -0.2) is 31.2 Å². The first-order chi connectivity index (χ1) is 9.67. The molecular weight excluding hydrogens is 259 g/mol. The first-order valence-corrected chi connectivity index (χ1v) is 6.18. The van der Waals surface area contributed by atoms with Crippen LogP contribution in [0.4, 0.5) is 16.0 Å². The molecule has 0 saturated heterocycles. The fourth-order valence-corrected chi connectivity index (χ4v) is 1.96. The van der Waals surface area contributed by atoms with Crippen molar-refractivity contribution >= 4 is 11.6 Å². The molecule has 0 fully saturated rings. The lowest BCUT2D eigenvalue weighted by atomic mass is 10.2. The van der Waals surface area contributed by atoms with Gasteiger partial charge in [-0.1, -0.05) is 18.2 Å². The average molecular weight is 276 g/mol. The zero-order chi connectivity index (χ0) is 14.5. The molecule has 1 aromatic heterocycles. The molecular formula is C14H17FN4O. The maximum atomic E-state index is 13.7. The van der Waals surface area contributed by atoms with E-state index in [1.165, 1.54) is 12.4 Å². The predicted molar refractivity (Wildman–Crippen MR) is 76.6 cm³/mol. The van der Waals surface area contributed by atoms with Crippen LogP contribution in [0, 0.1) is 5.82 Å². The second-order valence-electron chi connectivity index (χ2n) is 4.28. The Balaban J connectivity index is 2.30. The van der Waals surface area contributed by atoms with Gasteiger partial charge in [-0.15, -0.1) is 0 Å². The second-order valence-corrected chi connectivity index (χ2v) is 4.28. The lowest BCUT2D eigenvalue weighted by Gasteiger charge is -2.21. The van der Waals surface area contributed by atoms with Crippen LogP contribution in [0.25, 0.3) is 0 Å². The smallest absolute Gasteiger partial charge is 0.204 e. The first kappa shape index (κ1) is 14.0. The summed E-state index contributed by atoms with van der Waals surface area (Å²) in [6.45, 7) is 0.392. The number of aromatic nitrogens is 2. The summed E-state index contributed by atoms with van der Waals surface area (Å²) in [5, 5.41) is 2.94. The van der Waals surface area contributed by atoms with Gasteiger partial charge in [0.1, 0.15) is 12.1 Å². The summed E-state index contributed by atoms with van der Waals surface area (Å²) in [5.74, 6) is 1.50. The number of halogens is 1. The molecule has 20 heavy (non-hydrogen) atoms. The molecule has 6 heteroatoms. The van der Waals surface area contributed by atoms with E-state index in [0.29, 0.717) is 29.5 Å². The Morgan fingerprint density at radius 1 is 1.30 bits per heavy atom. The summed E-state index contributed by atoms with van der Waals surface area (Å²) in [5.41, 5.74) is 0.599. The minimum atomic E-state index is -0.235. The van der Waals surface area contributed by atoms with E-state index in [1.807, 2.05) is 18.0 Å². The molecule has 0 bridgehead atoms. The molecule has 0 amide bonds. The second kappa shape index (κ2) is 6.18. The molecule has 0 aliphatic rings. The lowest BCUT2D eigenvalue weighted by Crippen LogP contribution is -2.20. The molecule has 0 aliphatic carbocycles. The highest BCUT2D eigenvalue weighted by Crippen LogP contribution is 2.31. The number of ether oxygens (including phenoxy) is 1. The summed E-state index contributed by atoms with van der Waals surface area (Å²) in [6, 6.07) is 6.67. The van der Waals surface area contributed by atoms with E-state index in [9.17, 15) is 4.39 Å². The molecule has 0 saturated carbocycles. The van der Waals surface area contributed by atoms with Crippen molar-refractivity contribution in [1.29, 1.82) is 0 Å². The number of nitrogens with zero attached hydrogens (tertiary/aromatic N) is 3. The molecule has 0 unspecified atom stereocenters. The van der Waals surface area contributed by atoms with Gasteiger partial charge in [-0.05, 0) is 6.07 Å². The SMILES string of the molecule is CNc1ncnc(N(C)Cc2ccccc2F)c1OC. The van der Waals surface area contributed by atoms with Crippen LogP contribution >= 0.6 is 0 Å². The van der Waals surface area contributed by atoms with Crippen molar-refractivity contribution < 1.29 is 9.13 Å². The third-order valence-corrected chi connectivity index (χ3v) is 2.95. The van der Waals surface area contributed by atoms with E-state index in [-0.39, 0.29) is 5.82 Å². The summed E-state index contributed by atoms with van der Waals surface area (Å²) in [6.07, 6.45) is 1.45. The Kier molecular flexibility index (Phi) is 4.34. The number of anilines is 2. The highest BCUT2D eigenvalue weighted by atomic mass is 19.1. The first-order valence-electron chi connectivity index (χ1n) is 6.18. The Bertz CT molecular complexity index is 591. The van der Waals surface area contributed by atoms with Crippen LogP contribution < -0.4 is 15.0 Å². The maximum absolute atomic E-state index is 13.7. The topological polar surface area (TPSA) is 50.3 Å². The molecule has 1 aromatic carbocycles. The van der Waals surface area contributed by atoms with Gasteiger partial charge in [0, 0.05) is 26.2 Å². The minimum Gasteiger partial charge on any atom is -0.490 e. The fourth-order valence-electron chi connectivity index (χ4n) is 1.96. The van der Waals surface area contributed by atoms with E-state index in [2.05, 4.69) is 15.3 Å². The van der Waals surface area contributed by atoms with Gasteiger partial charge in [-0.25, -0.2) is 14.4 Å². The minimum absolute atomic E-state index is 0.235. The molecule has 0 spiro atoms. The van der Waals surface area contributed by atoms with Gasteiger partial charge < -0.3 is 15.0 Å². The lowest BCUT2D eigenvalue weighted by molar-refractivity contribution is 0.413. The van der Waals surface area contributed by atoms with Crippen molar-refractivity contribution in [2.75, 3.05) is 31.4 Å². The van der Waals surface area contributed by atoms with Gasteiger partial charge in [0.2, 0.25) is 5.75 Å². The Hall–Kier alpha value is -2.37. The monoisotopic (exact) mass is 276 g/mol. The van der Waals surface area contributed by atoms with E-state index >= 15 is 0 Å². The van der Waals surface area contributed by atoms with Gasteiger partial charge in [0.25, 0.3) is 0 Å². The highest BCUT2D eigenvalue weighted by molar-refractivity contribution is 5.64. The Morgan fingerprint density at radius 3 is 2.70 bits per heavy atom. The van der Waals surface area contributed by atoms with Crippen LogP contribution in [0.3, 0.4) is 0 Å². The largest absolute Gasteiger partial charge is 0.490 e. The van der Waals surface area contributed by atoms with E-state index < -0.39 is 0 Å². The van der Waals surface area contributed by atoms with Crippen LogP contribution in [0.5, 0.6) is 5.75 Å². The third kappa shape index (κ3) is 2.79. The van der Waals surface area contributed by atoms with Crippen molar-refractivity contribution in [2.24, 2.45) is 0 Å². The summed E-state index contributed by atoms with van der Waals surface area (Å²) in [7, 11) is 5.14. The highest BCUT2D eigenvalue weighted by Gasteiger charge is 2.16. The number of benzene rings is 1. The Labute approximate surface area is 117 Å². The van der Waals surface area contributed by atoms with Gasteiger partial charge in [-0.2, -0.15) is 0 Å². The number of hydrogen-bond donors (Lipinski definition) is 1. The predicted octanol–water partition coefficient (Wildman–Crippen LogP) is 2.30. The van der Waals surface area contributed by atoms with Crippen molar-refractivity contribution in [3.63, 3.8) is 0 Å². The molecule has 2 aromatic rings. The molecule has 0 aliphatic heterocycles. The molecule has 5 nitrogen and oxygen atoms in total. The van der Waals surface area contributed by atoms with Crippen molar-refractivity contribution in [1.82, 2.24) is 9.97 Å². The molecule has 1 heterocycles. The normalized spacial score (nSPS) is 10.2. The maximum Gasteiger partial charge on any atom is 0.204 e. The van der Waals surface area contributed by atoms with Crippen molar-refractivity contribution in [3.8, 4) is 5.75 Å². The number of hydrogen-bond acceptors (Lipinski definition) is 5. The summed E-state index contributed by atoms with van der Waals surface area (Å²) >= 11 is 0. The van der Waals surface area contributed by atoms with Gasteiger partial charge >= 0.3 is 0 Å². The molecule has 0 atom stereocenters. The van der Waals surface area contributed by atoms with Crippen molar-refractivity contribution in [3.05, 3.63) is 42.0 Å². The van der Waals surface area contributed by atoms with Gasteiger partial charge in [0.15, 0.2) is 11.6 Å². The number of nitrogens with one attached hydrogen (secondary N) is 1. The Morgan fingerprint density at radius 2 is 2.05 bits per heavy atom. The van der Waals surface area contributed by atoms with Crippen LogP contribution in [-0.2, 0) is 6.54 Å². The molecule has 106 valence electrons. The van der Waals surface area contributed by atoms with E-state index in [4.69, 9.17) is 4.74 Å². The zero-order valence-corrected chi connectivity index (χ0v) is 11.7. The fraction of sp³-hybridized carbons (Fsp3) is 0.286. The standard InChI is InChI=1S/C14H17FN4O/c1-16-13-12(20-3)14(18-9-17-13)19(2)8-10-6-4-5-7-11(10)15/h4-7,9H,8H2,1-3H3,(H,16,17,18). The molecule has 2 rings (SSSR count). The van der Waals surface area contributed by atoms with Gasteiger partial charge in [0.05, 0.1) is 7.11 Å². The third-order valence-electron chi connectivity index (χ3n) is 2.95. The van der Waals surface area contributed by atoms with Crippen LogP contribution in [0.2, 0.25) is 0 Å². The summed E-state index contributed by atoms with van der Waals surface area (Å²) < 4.78 is 19.0. The zero-order valence-electron chi connectivity index (χ0n) is 11.7. The van der Waals surface area contributed by atoms with Gasteiger partial charge in [-0.3, -0.25) is 0 Å². The summed E-state index contributed by atoms with van der Waals surface area (Å²) in [4.78, 5) is 10.1. The molecule has 0 radical (unpaired) electrons. The van der Waals surface area contributed by atoms with Crippen molar-refractivity contribution in [2.45, 2.75) is 6.54 Å². The van der Waals surface area contributed by atoms with E-state index in [0.717, 1.165) is 0 Å². The molecule has 1 N–H and O–H groups in total. The number of methoxy groups -OCH3 is 1.